The number of nitrogens with one attached hydrogen (secondary N) is 1. The number of benzene rings is 1. The number of phenolic OH excluding ortho intramolecular Hbond substituents is 1. The van der Waals surface area contributed by atoms with Crippen molar-refractivity contribution >= 4 is 23.3 Å². The van der Waals surface area contributed by atoms with Gasteiger partial charge in [0.25, 0.3) is 0 Å². The second-order valence-electron chi connectivity index (χ2n) is 3.26. The van der Waals surface area contributed by atoms with Gasteiger partial charge in [-0.1, -0.05) is 11.6 Å². The van der Waals surface area contributed by atoms with Gasteiger partial charge in [-0.15, -0.1) is 0 Å². The average molecular weight is 243 g/mol. The summed E-state index contributed by atoms with van der Waals surface area (Å²) in [7, 11) is 0. The van der Waals surface area contributed by atoms with Crippen LogP contribution in [0.5, 0.6) is 5.75 Å². The highest BCUT2D eigenvalue weighted by Gasteiger charge is 2.11. The molecule has 0 fully saturated rings. The van der Waals surface area contributed by atoms with Crippen LogP contribution in [-0.4, -0.2) is 29.1 Å². The predicted octanol–water partition coefficient (Wildman–Crippen LogP) is 2.92. The number of amides is 2. The van der Waals surface area contributed by atoms with E-state index in [-0.39, 0.29) is 11.8 Å². The van der Waals surface area contributed by atoms with Gasteiger partial charge >= 0.3 is 6.03 Å². The van der Waals surface area contributed by atoms with Crippen molar-refractivity contribution in [3.63, 3.8) is 0 Å². The first-order chi connectivity index (χ1) is 7.58. The van der Waals surface area contributed by atoms with Crippen molar-refractivity contribution in [2.24, 2.45) is 0 Å². The van der Waals surface area contributed by atoms with Crippen LogP contribution in [0.3, 0.4) is 0 Å². The Balaban J connectivity index is 2.80. The number of rotatable bonds is 3. The molecule has 0 saturated heterocycles. The first-order valence-corrected chi connectivity index (χ1v) is 5.50. The minimum Gasteiger partial charge on any atom is -0.506 e. The Bertz CT molecular complexity index is 378. The fourth-order valence-electron chi connectivity index (χ4n) is 1.31. The van der Waals surface area contributed by atoms with Gasteiger partial charge in [-0.25, -0.2) is 4.79 Å². The Hall–Kier alpha value is -1.42. The normalized spacial score (nSPS) is 9.94. The molecular weight excluding hydrogens is 228 g/mol. The van der Waals surface area contributed by atoms with Crippen molar-refractivity contribution in [2.45, 2.75) is 13.8 Å². The van der Waals surface area contributed by atoms with Crippen LogP contribution in [-0.2, 0) is 0 Å². The largest absolute Gasteiger partial charge is 0.506 e. The van der Waals surface area contributed by atoms with E-state index in [0.29, 0.717) is 23.8 Å². The first-order valence-electron chi connectivity index (χ1n) is 5.13. The molecule has 0 radical (unpaired) electrons. The van der Waals surface area contributed by atoms with E-state index in [1.54, 1.807) is 11.0 Å². The van der Waals surface area contributed by atoms with Gasteiger partial charge < -0.3 is 15.3 Å². The molecule has 0 aliphatic carbocycles. The predicted molar refractivity (Wildman–Crippen MR) is 65.1 cm³/mol. The lowest BCUT2D eigenvalue weighted by molar-refractivity contribution is 0.217. The second kappa shape index (κ2) is 5.61. The molecule has 0 atom stereocenters. The Morgan fingerprint density at radius 2 is 2.06 bits per heavy atom. The van der Waals surface area contributed by atoms with Crippen molar-refractivity contribution in [3.8, 4) is 5.75 Å². The number of anilines is 1. The highest BCUT2D eigenvalue weighted by molar-refractivity contribution is 6.31. The summed E-state index contributed by atoms with van der Waals surface area (Å²) >= 11 is 5.77. The molecule has 2 N–H and O–H groups in total. The summed E-state index contributed by atoms with van der Waals surface area (Å²) in [6, 6.07) is 4.27. The highest BCUT2D eigenvalue weighted by Crippen LogP contribution is 2.26. The van der Waals surface area contributed by atoms with Gasteiger partial charge in [-0.2, -0.15) is 0 Å². The van der Waals surface area contributed by atoms with Gasteiger partial charge in [0.05, 0.1) is 5.69 Å². The minimum atomic E-state index is -0.248. The van der Waals surface area contributed by atoms with E-state index < -0.39 is 0 Å². The van der Waals surface area contributed by atoms with Gasteiger partial charge in [0, 0.05) is 18.1 Å². The van der Waals surface area contributed by atoms with E-state index in [0.717, 1.165) is 0 Å². The van der Waals surface area contributed by atoms with Crippen LogP contribution in [0.4, 0.5) is 10.5 Å². The van der Waals surface area contributed by atoms with Crippen LogP contribution >= 0.6 is 11.6 Å². The SMILES string of the molecule is CCN(CC)C(=O)Nc1cc(Cl)ccc1O. The maximum Gasteiger partial charge on any atom is 0.321 e. The fourth-order valence-corrected chi connectivity index (χ4v) is 1.49. The van der Waals surface area contributed by atoms with Gasteiger partial charge in [0.1, 0.15) is 5.75 Å². The number of hydrogen-bond donors (Lipinski definition) is 2. The van der Waals surface area contributed by atoms with Crippen molar-refractivity contribution in [1.82, 2.24) is 4.90 Å². The summed E-state index contributed by atoms with van der Waals surface area (Å²) in [5, 5.41) is 12.6. The van der Waals surface area contributed by atoms with Crippen LogP contribution in [0.25, 0.3) is 0 Å². The third-order valence-electron chi connectivity index (χ3n) is 2.25. The van der Waals surface area contributed by atoms with Crippen LogP contribution in [0.2, 0.25) is 5.02 Å². The number of carbonyl (C=O) groups excluding carboxylic acids is 1. The molecule has 1 rings (SSSR count). The monoisotopic (exact) mass is 242 g/mol. The molecule has 16 heavy (non-hydrogen) atoms. The van der Waals surface area contributed by atoms with Crippen molar-refractivity contribution < 1.29 is 9.90 Å². The molecule has 4 nitrogen and oxygen atoms in total. The van der Waals surface area contributed by atoms with Gasteiger partial charge in [0.15, 0.2) is 0 Å². The molecule has 88 valence electrons. The smallest absolute Gasteiger partial charge is 0.321 e. The van der Waals surface area contributed by atoms with E-state index in [1.165, 1.54) is 12.1 Å². The van der Waals surface area contributed by atoms with E-state index >= 15 is 0 Å². The zero-order chi connectivity index (χ0) is 12.1. The van der Waals surface area contributed by atoms with Crippen molar-refractivity contribution in [1.29, 1.82) is 0 Å². The second-order valence-corrected chi connectivity index (χ2v) is 3.70. The molecule has 0 unspecified atom stereocenters. The van der Waals surface area contributed by atoms with Crippen LogP contribution in [0.1, 0.15) is 13.8 Å². The molecular formula is C11H15ClN2O2. The van der Waals surface area contributed by atoms with Gasteiger partial charge in [-0.3, -0.25) is 0 Å². The minimum absolute atomic E-state index is 0.00454. The summed E-state index contributed by atoms with van der Waals surface area (Å²) in [6.07, 6.45) is 0. The highest BCUT2D eigenvalue weighted by atomic mass is 35.5. The molecule has 0 spiro atoms. The van der Waals surface area contributed by atoms with E-state index in [4.69, 9.17) is 11.6 Å². The molecule has 0 aliphatic rings. The topological polar surface area (TPSA) is 52.6 Å². The summed E-state index contributed by atoms with van der Waals surface area (Å²) in [5.74, 6) is 0.00454. The third-order valence-corrected chi connectivity index (χ3v) is 2.49. The molecule has 0 bridgehead atoms. The number of nitrogens with zero attached hydrogens (tertiary/aromatic N) is 1. The van der Waals surface area contributed by atoms with Crippen LogP contribution < -0.4 is 5.32 Å². The van der Waals surface area contributed by atoms with E-state index in [1.807, 2.05) is 13.8 Å². The standard InChI is InChI=1S/C11H15ClN2O2/c1-3-14(4-2)11(16)13-9-7-8(12)5-6-10(9)15/h5-7,15H,3-4H2,1-2H3,(H,13,16). The Morgan fingerprint density at radius 1 is 1.44 bits per heavy atom. The average Bonchev–Trinajstić information content (AvgIpc) is 2.25. The first kappa shape index (κ1) is 12.6. The molecule has 1 aromatic carbocycles. The zero-order valence-electron chi connectivity index (χ0n) is 9.33. The Morgan fingerprint density at radius 3 is 2.62 bits per heavy atom. The lowest BCUT2D eigenvalue weighted by Gasteiger charge is -2.19. The molecule has 0 aromatic heterocycles. The molecule has 0 aliphatic heterocycles. The quantitative estimate of drug-likeness (QED) is 0.801. The van der Waals surface area contributed by atoms with Crippen LogP contribution in [0.15, 0.2) is 18.2 Å². The summed E-state index contributed by atoms with van der Waals surface area (Å²) in [5.41, 5.74) is 0.324. The Labute approximate surface area is 99.8 Å². The molecule has 1 aromatic rings. The summed E-state index contributed by atoms with van der Waals surface area (Å²) in [4.78, 5) is 13.3. The number of phenols is 1. The lowest BCUT2D eigenvalue weighted by Crippen LogP contribution is -2.34. The van der Waals surface area contributed by atoms with Crippen molar-refractivity contribution in [3.05, 3.63) is 23.2 Å². The maximum absolute atomic E-state index is 11.7. The molecule has 0 saturated carbocycles. The number of urea groups is 1. The summed E-state index contributed by atoms with van der Waals surface area (Å²) in [6.45, 7) is 5.01. The van der Waals surface area contributed by atoms with E-state index in [9.17, 15) is 9.90 Å². The van der Waals surface area contributed by atoms with Crippen molar-refractivity contribution in [2.75, 3.05) is 18.4 Å². The fraction of sp³-hybridized carbons (Fsp3) is 0.364. The summed E-state index contributed by atoms with van der Waals surface area (Å²) < 4.78 is 0. The number of hydrogen-bond acceptors (Lipinski definition) is 2. The van der Waals surface area contributed by atoms with Gasteiger partial charge in [-0.05, 0) is 32.0 Å². The zero-order valence-corrected chi connectivity index (χ0v) is 10.1. The number of halogens is 1. The molecule has 5 heteroatoms. The number of carbonyl (C=O) groups is 1. The maximum atomic E-state index is 11.7. The molecule has 0 heterocycles. The van der Waals surface area contributed by atoms with Crippen LogP contribution in [0, 0.1) is 0 Å². The van der Waals surface area contributed by atoms with Gasteiger partial charge in [0.2, 0.25) is 0 Å². The molecule has 2 amide bonds. The lowest BCUT2D eigenvalue weighted by atomic mass is 10.3. The Kier molecular flexibility index (Phi) is 4.43. The third kappa shape index (κ3) is 3.03. The van der Waals surface area contributed by atoms with E-state index in [2.05, 4.69) is 5.32 Å². The number of aromatic hydroxyl groups is 1.